The second-order valence-electron chi connectivity index (χ2n) is 3.16. The Hall–Kier alpha value is -1.79. The Labute approximate surface area is 84.0 Å². The van der Waals surface area contributed by atoms with Gasteiger partial charge in [0.05, 0.1) is 0 Å². The molecular formula is C9H8O6. The molecule has 1 aliphatic heterocycles. The maximum atomic E-state index is 11.4. The summed E-state index contributed by atoms with van der Waals surface area (Å²) in [5.74, 6) is -1.81. The number of hydrogen-bond donors (Lipinski definition) is 4. The number of aliphatic hydroxyl groups excluding tert-OH is 2. The van der Waals surface area contributed by atoms with Crippen molar-refractivity contribution < 1.29 is 30.0 Å². The van der Waals surface area contributed by atoms with Crippen molar-refractivity contribution in [1.29, 1.82) is 0 Å². The van der Waals surface area contributed by atoms with Gasteiger partial charge in [0.1, 0.15) is 22.8 Å². The van der Waals surface area contributed by atoms with Crippen LogP contribution in [0, 0.1) is 0 Å². The molecule has 0 saturated carbocycles. The first-order chi connectivity index (χ1) is 7.00. The van der Waals surface area contributed by atoms with Crippen LogP contribution in [0.1, 0.15) is 10.4 Å². The van der Waals surface area contributed by atoms with Crippen LogP contribution in [0.5, 0.6) is 17.2 Å². The van der Waals surface area contributed by atoms with Crippen LogP contribution >= 0.6 is 0 Å². The molecule has 1 aromatic rings. The molecule has 80 valence electrons. The first-order valence-corrected chi connectivity index (χ1v) is 4.13. The molecule has 1 aliphatic rings. The fraction of sp³-hybridized carbons (Fsp3) is 0.222. The van der Waals surface area contributed by atoms with Gasteiger partial charge < -0.3 is 25.2 Å². The van der Waals surface area contributed by atoms with Gasteiger partial charge in [0.25, 0.3) is 0 Å². The molecule has 0 aliphatic carbocycles. The Kier molecular flexibility index (Phi) is 2.02. The molecule has 1 heterocycles. The molecule has 1 aromatic carbocycles. The summed E-state index contributed by atoms with van der Waals surface area (Å²) >= 11 is 0. The van der Waals surface area contributed by atoms with Gasteiger partial charge in [-0.3, -0.25) is 4.79 Å². The smallest absolute Gasteiger partial charge is 0.231 e. The number of aliphatic hydroxyl groups is 2. The van der Waals surface area contributed by atoms with Crippen LogP contribution in [0.25, 0.3) is 0 Å². The van der Waals surface area contributed by atoms with Crippen molar-refractivity contribution in [2.75, 3.05) is 0 Å². The summed E-state index contributed by atoms with van der Waals surface area (Å²) in [7, 11) is 0. The summed E-state index contributed by atoms with van der Waals surface area (Å²) in [5.41, 5.74) is -0.245. The predicted molar refractivity (Wildman–Crippen MR) is 46.7 cm³/mol. The standard InChI is InChI=1S/C9H8O6/c10-3-1-4(11)6-5(2-3)15-9(14)8(13)7(6)12/h1-2,8-11,13-14H. The van der Waals surface area contributed by atoms with Crippen LogP contribution < -0.4 is 4.74 Å². The molecule has 0 aromatic heterocycles. The first-order valence-electron chi connectivity index (χ1n) is 4.13. The molecule has 2 atom stereocenters. The lowest BCUT2D eigenvalue weighted by molar-refractivity contribution is -0.0944. The second-order valence-corrected chi connectivity index (χ2v) is 3.16. The van der Waals surface area contributed by atoms with Gasteiger partial charge in [-0.15, -0.1) is 0 Å². The number of ether oxygens (including phenoxy) is 1. The molecule has 0 bridgehead atoms. The molecule has 0 saturated heterocycles. The Morgan fingerprint density at radius 3 is 2.53 bits per heavy atom. The van der Waals surface area contributed by atoms with E-state index in [9.17, 15) is 15.0 Å². The summed E-state index contributed by atoms with van der Waals surface area (Å²) in [5, 5.41) is 36.8. The van der Waals surface area contributed by atoms with Gasteiger partial charge in [0, 0.05) is 12.1 Å². The van der Waals surface area contributed by atoms with Gasteiger partial charge in [-0.05, 0) is 0 Å². The Morgan fingerprint density at radius 2 is 1.87 bits per heavy atom. The van der Waals surface area contributed by atoms with Gasteiger partial charge >= 0.3 is 0 Å². The van der Waals surface area contributed by atoms with Crippen LogP contribution in [0.4, 0.5) is 0 Å². The van der Waals surface area contributed by atoms with E-state index in [1.807, 2.05) is 0 Å². The third-order valence-electron chi connectivity index (χ3n) is 2.10. The minimum absolute atomic E-state index is 0.157. The second kappa shape index (κ2) is 3.11. The number of carbonyl (C=O) groups excluding carboxylic acids is 1. The number of rotatable bonds is 0. The molecule has 2 unspecified atom stereocenters. The fourth-order valence-corrected chi connectivity index (χ4v) is 1.40. The molecule has 0 spiro atoms. The maximum Gasteiger partial charge on any atom is 0.231 e. The zero-order valence-corrected chi connectivity index (χ0v) is 7.41. The number of benzene rings is 1. The Morgan fingerprint density at radius 1 is 1.20 bits per heavy atom. The largest absolute Gasteiger partial charge is 0.508 e. The molecule has 0 fully saturated rings. The topological polar surface area (TPSA) is 107 Å². The number of ketones is 1. The highest BCUT2D eigenvalue weighted by Gasteiger charge is 2.37. The summed E-state index contributed by atoms with van der Waals surface area (Å²) in [6, 6.07) is 2.02. The van der Waals surface area contributed by atoms with Crippen molar-refractivity contribution in [3.8, 4) is 17.2 Å². The van der Waals surface area contributed by atoms with Crippen molar-refractivity contribution in [3.05, 3.63) is 17.7 Å². The molecular weight excluding hydrogens is 204 g/mol. The summed E-state index contributed by atoms with van der Waals surface area (Å²) in [6.07, 6.45) is -3.42. The quantitative estimate of drug-likeness (QED) is 0.455. The number of aromatic hydroxyl groups is 2. The van der Waals surface area contributed by atoms with E-state index in [0.29, 0.717) is 0 Å². The lowest BCUT2D eigenvalue weighted by Gasteiger charge is -2.25. The van der Waals surface area contributed by atoms with E-state index in [1.54, 1.807) is 0 Å². The number of fused-ring (bicyclic) bond motifs is 1. The number of carbonyl (C=O) groups is 1. The van der Waals surface area contributed by atoms with Crippen LogP contribution in [0.3, 0.4) is 0 Å². The Balaban J connectivity index is 2.60. The van der Waals surface area contributed by atoms with E-state index in [4.69, 9.17) is 14.9 Å². The highest BCUT2D eigenvalue weighted by atomic mass is 16.6. The van der Waals surface area contributed by atoms with E-state index in [1.165, 1.54) is 0 Å². The van der Waals surface area contributed by atoms with Crippen molar-refractivity contribution in [2.24, 2.45) is 0 Å². The zero-order chi connectivity index (χ0) is 11.2. The van der Waals surface area contributed by atoms with E-state index in [2.05, 4.69) is 0 Å². The minimum Gasteiger partial charge on any atom is -0.508 e. The molecule has 2 rings (SSSR count). The van der Waals surface area contributed by atoms with Crippen molar-refractivity contribution in [1.82, 2.24) is 0 Å². The average Bonchev–Trinajstić information content (AvgIpc) is 2.13. The molecule has 0 radical (unpaired) electrons. The van der Waals surface area contributed by atoms with E-state index >= 15 is 0 Å². The number of Topliss-reactive ketones (excluding diaryl/α,β-unsaturated/α-hetero) is 1. The SMILES string of the molecule is O=C1c2c(O)cc(O)cc2OC(O)C1O. The molecule has 0 amide bonds. The van der Waals surface area contributed by atoms with E-state index in [0.717, 1.165) is 12.1 Å². The van der Waals surface area contributed by atoms with Gasteiger partial charge in [0.2, 0.25) is 12.1 Å². The van der Waals surface area contributed by atoms with Gasteiger partial charge in [-0.2, -0.15) is 0 Å². The van der Waals surface area contributed by atoms with E-state index in [-0.39, 0.29) is 17.1 Å². The lowest BCUT2D eigenvalue weighted by Crippen LogP contribution is -2.42. The number of phenolic OH excluding ortho intramolecular Hbond substituents is 2. The number of hydrogen-bond acceptors (Lipinski definition) is 6. The third-order valence-corrected chi connectivity index (χ3v) is 2.10. The first kappa shape index (κ1) is 9.75. The van der Waals surface area contributed by atoms with Crippen molar-refractivity contribution in [2.45, 2.75) is 12.4 Å². The highest BCUT2D eigenvalue weighted by Crippen LogP contribution is 2.37. The molecule has 6 nitrogen and oxygen atoms in total. The highest BCUT2D eigenvalue weighted by molar-refractivity contribution is 6.05. The summed E-state index contributed by atoms with van der Waals surface area (Å²) < 4.78 is 4.74. The Bertz CT molecular complexity index is 427. The van der Waals surface area contributed by atoms with Crippen LogP contribution in [-0.4, -0.2) is 38.6 Å². The number of phenols is 2. The predicted octanol–water partition coefficient (Wildman–Crippen LogP) is -0.648. The van der Waals surface area contributed by atoms with Crippen molar-refractivity contribution >= 4 is 5.78 Å². The lowest BCUT2D eigenvalue weighted by atomic mass is 10.0. The molecule has 15 heavy (non-hydrogen) atoms. The van der Waals surface area contributed by atoms with Gasteiger partial charge in [0.15, 0.2) is 6.10 Å². The maximum absolute atomic E-state index is 11.4. The van der Waals surface area contributed by atoms with Gasteiger partial charge in [-0.25, -0.2) is 0 Å². The normalized spacial score (nSPS) is 24.5. The third kappa shape index (κ3) is 1.39. The van der Waals surface area contributed by atoms with Crippen LogP contribution in [0.15, 0.2) is 12.1 Å². The molecule has 4 N–H and O–H groups in total. The van der Waals surface area contributed by atoms with Crippen molar-refractivity contribution in [3.63, 3.8) is 0 Å². The van der Waals surface area contributed by atoms with Crippen LogP contribution in [-0.2, 0) is 0 Å². The monoisotopic (exact) mass is 212 g/mol. The fourth-order valence-electron chi connectivity index (χ4n) is 1.40. The zero-order valence-electron chi connectivity index (χ0n) is 7.41. The average molecular weight is 212 g/mol. The summed E-state index contributed by atoms with van der Waals surface area (Å²) in [6.45, 7) is 0. The minimum atomic E-state index is -1.73. The summed E-state index contributed by atoms with van der Waals surface area (Å²) in [4.78, 5) is 11.4. The van der Waals surface area contributed by atoms with Gasteiger partial charge in [-0.1, -0.05) is 0 Å². The van der Waals surface area contributed by atoms with Crippen LogP contribution in [0.2, 0.25) is 0 Å². The van der Waals surface area contributed by atoms with E-state index < -0.39 is 23.9 Å². The molecule has 6 heteroatoms.